The molecule has 23 heavy (non-hydrogen) atoms. The Balaban J connectivity index is 2.05. The maximum absolute atomic E-state index is 11.9. The van der Waals surface area contributed by atoms with Crippen LogP contribution in [-0.4, -0.2) is 41.5 Å². The number of unbranched alkanes of at least 4 members (excludes halogenated alkanes) is 1. The summed E-state index contributed by atoms with van der Waals surface area (Å²) in [6, 6.07) is 6.61. The molecule has 6 heteroatoms. The third-order valence-electron chi connectivity index (χ3n) is 3.20. The highest BCUT2D eigenvalue weighted by Gasteiger charge is 2.14. The van der Waals surface area contributed by atoms with Crippen LogP contribution in [0.4, 0.5) is 0 Å². The second-order valence-electron chi connectivity index (χ2n) is 5.37. The zero-order valence-corrected chi connectivity index (χ0v) is 14.9. The molecule has 132 valence electrons. The van der Waals surface area contributed by atoms with Crippen molar-refractivity contribution < 1.29 is 22.1 Å². The largest absolute Gasteiger partial charge is 0.381 e. The van der Waals surface area contributed by atoms with Crippen LogP contribution in [0, 0.1) is 6.92 Å². The lowest BCUT2D eigenvalue weighted by Gasteiger charge is -2.07. The fourth-order valence-corrected chi connectivity index (χ4v) is 2.76. The molecular formula is C17H28O5S. The summed E-state index contributed by atoms with van der Waals surface area (Å²) >= 11 is 0. The van der Waals surface area contributed by atoms with E-state index in [2.05, 4.69) is 6.92 Å². The molecule has 0 bridgehead atoms. The molecule has 0 N–H and O–H groups in total. The number of ether oxygens (including phenoxy) is 2. The lowest BCUT2D eigenvalue weighted by Crippen LogP contribution is -2.10. The van der Waals surface area contributed by atoms with E-state index in [1.54, 1.807) is 24.3 Å². The van der Waals surface area contributed by atoms with Gasteiger partial charge in [-0.15, -0.1) is 0 Å². The van der Waals surface area contributed by atoms with E-state index in [1.165, 1.54) is 0 Å². The first kappa shape index (κ1) is 20.1. The smallest absolute Gasteiger partial charge is 0.296 e. The van der Waals surface area contributed by atoms with Crippen LogP contribution in [0.15, 0.2) is 29.2 Å². The van der Waals surface area contributed by atoms with E-state index in [1.807, 2.05) is 6.92 Å². The highest BCUT2D eigenvalue weighted by atomic mass is 32.2. The lowest BCUT2D eigenvalue weighted by molar-refractivity contribution is 0.0768. The molecule has 1 aromatic rings. The molecule has 0 radical (unpaired) electrons. The van der Waals surface area contributed by atoms with Crippen molar-refractivity contribution in [2.75, 3.05) is 33.0 Å². The molecule has 0 heterocycles. The van der Waals surface area contributed by atoms with Crippen molar-refractivity contribution in [3.8, 4) is 0 Å². The molecule has 0 spiro atoms. The first-order valence-electron chi connectivity index (χ1n) is 8.18. The van der Waals surface area contributed by atoms with Crippen molar-refractivity contribution in [3.63, 3.8) is 0 Å². The van der Waals surface area contributed by atoms with Gasteiger partial charge >= 0.3 is 0 Å². The van der Waals surface area contributed by atoms with Crippen LogP contribution in [0.25, 0.3) is 0 Å². The van der Waals surface area contributed by atoms with Crippen molar-refractivity contribution >= 4 is 10.1 Å². The molecule has 0 atom stereocenters. The van der Waals surface area contributed by atoms with Gasteiger partial charge in [0.15, 0.2) is 0 Å². The van der Waals surface area contributed by atoms with Crippen molar-refractivity contribution in [2.24, 2.45) is 0 Å². The molecule has 0 fully saturated rings. The molecule has 0 amide bonds. The van der Waals surface area contributed by atoms with Gasteiger partial charge < -0.3 is 9.47 Å². The minimum atomic E-state index is -3.66. The van der Waals surface area contributed by atoms with Gasteiger partial charge in [-0.2, -0.15) is 8.42 Å². The summed E-state index contributed by atoms with van der Waals surface area (Å²) in [5.74, 6) is 0. The molecular weight excluding hydrogens is 316 g/mol. The van der Waals surface area contributed by atoms with E-state index < -0.39 is 10.1 Å². The Labute approximate surface area is 140 Å². The summed E-state index contributed by atoms with van der Waals surface area (Å²) in [6.07, 6.45) is 3.63. The highest BCUT2D eigenvalue weighted by Crippen LogP contribution is 2.13. The second kappa shape index (κ2) is 11.6. The van der Waals surface area contributed by atoms with Gasteiger partial charge in [0.25, 0.3) is 10.1 Å². The Morgan fingerprint density at radius 2 is 1.35 bits per heavy atom. The van der Waals surface area contributed by atoms with E-state index in [0.717, 1.165) is 31.4 Å². The van der Waals surface area contributed by atoms with Crippen LogP contribution in [0.1, 0.15) is 38.2 Å². The topological polar surface area (TPSA) is 61.8 Å². The first-order valence-corrected chi connectivity index (χ1v) is 9.58. The fraction of sp³-hybridized carbons (Fsp3) is 0.647. The molecule has 1 aromatic carbocycles. The molecule has 0 aliphatic carbocycles. The van der Waals surface area contributed by atoms with E-state index in [-0.39, 0.29) is 11.5 Å². The summed E-state index contributed by atoms with van der Waals surface area (Å²) < 4.78 is 39.7. The Morgan fingerprint density at radius 3 is 1.91 bits per heavy atom. The predicted molar refractivity (Wildman–Crippen MR) is 90.1 cm³/mol. The van der Waals surface area contributed by atoms with Crippen LogP contribution in [0.5, 0.6) is 0 Å². The van der Waals surface area contributed by atoms with Gasteiger partial charge in [0, 0.05) is 26.4 Å². The Bertz CT molecular complexity index is 510. The number of rotatable bonds is 13. The molecule has 0 unspecified atom stereocenters. The molecule has 0 aromatic heterocycles. The van der Waals surface area contributed by atoms with E-state index in [4.69, 9.17) is 13.7 Å². The third kappa shape index (κ3) is 9.05. The average Bonchev–Trinajstić information content (AvgIpc) is 2.53. The Morgan fingerprint density at radius 1 is 0.826 bits per heavy atom. The molecule has 0 saturated heterocycles. The number of hydrogen-bond donors (Lipinski definition) is 0. The average molecular weight is 344 g/mol. The van der Waals surface area contributed by atoms with Crippen molar-refractivity contribution in [1.82, 2.24) is 0 Å². The van der Waals surface area contributed by atoms with Crippen molar-refractivity contribution in [1.29, 1.82) is 0 Å². The molecule has 0 aliphatic rings. The van der Waals surface area contributed by atoms with Gasteiger partial charge in [-0.1, -0.05) is 31.0 Å². The van der Waals surface area contributed by atoms with E-state index in [0.29, 0.717) is 26.2 Å². The molecule has 5 nitrogen and oxygen atoms in total. The SMILES string of the molecule is CCCCOCCCOCCCOS(=O)(=O)c1ccc(C)cc1. The first-order chi connectivity index (χ1) is 11.1. The quantitative estimate of drug-likeness (QED) is 0.406. The van der Waals surface area contributed by atoms with E-state index >= 15 is 0 Å². The van der Waals surface area contributed by atoms with Crippen molar-refractivity contribution in [2.45, 2.75) is 44.4 Å². The van der Waals surface area contributed by atoms with Crippen molar-refractivity contribution in [3.05, 3.63) is 29.8 Å². The minimum Gasteiger partial charge on any atom is -0.381 e. The number of hydrogen-bond acceptors (Lipinski definition) is 5. The van der Waals surface area contributed by atoms with Crippen LogP contribution in [-0.2, 0) is 23.8 Å². The normalized spacial score (nSPS) is 11.7. The van der Waals surface area contributed by atoms with E-state index in [9.17, 15) is 8.42 Å². The fourth-order valence-electron chi connectivity index (χ4n) is 1.82. The zero-order valence-electron chi connectivity index (χ0n) is 14.1. The highest BCUT2D eigenvalue weighted by molar-refractivity contribution is 7.86. The zero-order chi connectivity index (χ0) is 17.0. The van der Waals surface area contributed by atoms with Gasteiger partial charge in [-0.3, -0.25) is 4.18 Å². The van der Waals surface area contributed by atoms with Crippen LogP contribution in [0.2, 0.25) is 0 Å². The third-order valence-corrected chi connectivity index (χ3v) is 4.53. The summed E-state index contributed by atoms with van der Waals surface area (Å²) in [6.45, 7) is 6.79. The summed E-state index contributed by atoms with van der Waals surface area (Å²) in [7, 11) is -3.66. The number of benzene rings is 1. The maximum atomic E-state index is 11.9. The standard InChI is InChI=1S/C17H28O5S/c1-3-4-11-20-12-5-13-21-14-6-15-22-23(18,19)17-9-7-16(2)8-10-17/h7-10H,3-6,11-15H2,1-2H3. The minimum absolute atomic E-state index is 0.128. The van der Waals surface area contributed by atoms with Gasteiger partial charge in [-0.05, 0) is 38.3 Å². The Hall–Kier alpha value is -0.950. The lowest BCUT2D eigenvalue weighted by atomic mass is 10.2. The monoisotopic (exact) mass is 344 g/mol. The summed E-state index contributed by atoms with van der Waals surface area (Å²) in [5, 5.41) is 0. The van der Waals surface area contributed by atoms with Crippen LogP contribution in [0.3, 0.4) is 0 Å². The molecule has 1 rings (SSSR count). The predicted octanol–water partition coefficient (Wildman–Crippen LogP) is 3.31. The van der Waals surface area contributed by atoms with Gasteiger partial charge in [0.1, 0.15) is 0 Å². The van der Waals surface area contributed by atoms with Crippen LogP contribution >= 0.6 is 0 Å². The Kier molecular flexibility index (Phi) is 10.1. The summed E-state index contributed by atoms with van der Waals surface area (Å²) in [5.41, 5.74) is 1.01. The molecule has 0 aliphatic heterocycles. The summed E-state index contributed by atoms with van der Waals surface area (Å²) in [4.78, 5) is 0.188. The van der Waals surface area contributed by atoms with Gasteiger partial charge in [0.05, 0.1) is 11.5 Å². The second-order valence-corrected chi connectivity index (χ2v) is 6.99. The van der Waals surface area contributed by atoms with Gasteiger partial charge in [-0.25, -0.2) is 0 Å². The molecule has 0 saturated carbocycles. The maximum Gasteiger partial charge on any atom is 0.296 e. The number of aryl methyl sites for hydroxylation is 1. The van der Waals surface area contributed by atoms with Gasteiger partial charge in [0.2, 0.25) is 0 Å². The van der Waals surface area contributed by atoms with Crippen LogP contribution < -0.4 is 0 Å².